The molecular weight excluding hydrogens is 322 g/mol. The van der Waals surface area contributed by atoms with Crippen LogP contribution in [0.3, 0.4) is 0 Å². The Morgan fingerprint density at radius 1 is 1.33 bits per heavy atom. The molecule has 2 aromatic rings. The molecule has 6 nitrogen and oxygen atoms in total. The molecule has 0 radical (unpaired) electrons. The topological polar surface area (TPSA) is 70.1 Å². The summed E-state index contributed by atoms with van der Waals surface area (Å²) in [5, 5.41) is 15.3. The second kappa shape index (κ2) is 7.61. The zero-order valence-electron chi connectivity index (χ0n) is 14.1. The maximum Gasteiger partial charge on any atom is 0.321 e. The van der Waals surface area contributed by atoms with Gasteiger partial charge in [0.2, 0.25) is 10.3 Å². The van der Waals surface area contributed by atoms with Gasteiger partial charge in [0.1, 0.15) is 0 Å². The fourth-order valence-corrected chi connectivity index (χ4v) is 3.56. The van der Waals surface area contributed by atoms with Gasteiger partial charge in [-0.3, -0.25) is 5.32 Å². The number of aryl methyl sites for hydroxylation is 1. The molecule has 1 aromatic carbocycles. The molecule has 0 spiro atoms. The maximum atomic E-state index is 12.0. The Hall–Kier alpha value is -2.15. The molecule has 0 bridgehead atoms. The molecule has 7 heteroatoms. The minimum atomic E-state index is -0.259. The highest BCUT2D eigenvalue weighted by Gasteiger charge is 2.20. The third-order valence-electron chi connectivity index (χ3n) is 4.14. The normalized spacial score (nSPS) is 17.6. The monoisotopic (exact) mass is 345 g/mol. The number of nitrogens with zero attached hydrogens (tertiary/aromatic N) is 3. The Kier molecular flexibility index (Phi) is 5.30. The molecule has 2 N–H and O–H groups in total. The van der Waals surface area contributed by atoms with E-state index in [1.807, 2.05) is 31.2 Å². The van der Waals surface area contributed by atoms with Gasteiger partial charge in [0.05, 0.1) is 0 Å². The Morgan fingerprint density at radius 3 is 2.88 bits per heavy atom. The second-order valence-corrected chi connectivity index (χ2v) is 7.33. The van der Waals surface area contributed by atoms with Gasteiger partial charge in [-0.2, -0.15) is 0 Å². The van der Waals surface area contributed by atoms with Gasteiger partial charge in [-0.15, -0.1) is 10.2 Å². The van der Waals surface area contributed by atoms with Crippen molar-refractivity contribution in [3.63, 3.8) is 0 Å². The van der Waals surface area contributed by atoms with Crippen molar-refractivity contribution in [1.82, 2.24) is 15.5 Å². The van der Waals surface area contributed by atoms with E-state index in [4.69, 9.17) is 0 Å². The van der Waals surface area contributed by atoms with Crippen LogP contribution in [0.15, 0.2) is 24.3 Å². The van der Waals surface area contributed by atoms with Crippen LogP contribution in [0.4, 0.5) is 15.1 Å². The van der Waals surface area contributed by atoms with Crippen molar-refractivity contribution in [3.05, 3.63) is 35.4 Å². The molecule has 1 aromatic heterocycles. The van der Waals surface area contributed by atoms with Gasteiger partial charge in [-0.25, -0.2) is 4.79 Å². The van der Waals surface area contributed by atoms with Crippen LogP contribution in [0.25, 0.3) is 0 Å². The van der Waals surface area contributed by atoms with Crippen LogP contribution < -0.4 is 15.5 Å². The third kappa shape index (κ3) is 4.44. The minimum Gasteiger partial charge on any atom is -0.346 e. The summed E-state index contributed by atoms with van der Waals surface area (Å²) in [7, 11) is 0. The third-order valence-corrected chi connectivity index (χ3v) is 5.04. The summed E-state index contributed by atoms with van der Waals surface area (Å²) in [5.74, 6) is 0.678. The van der Waals surface area contributed by atoms with E-state index in [2.05, 4.69) is 32.7 Å². The zero-order valence-corrected chi connectivity index (χ0v) is 14.9. The molecule has 3 rings (SSSR count). The van der Waals surface area contributed by atoms with Crippen LogP contribution in [0.2, 0.25) is 0 Å². The van der Waals surface area contributed by atoms with Gasteiger partial charge in [0.15, 0.2) is 0 Å². The highest BCUT2D eigenvalue weighted by atomic mass is 32.1. The summed E-state index contributed by atoms with van der Waals surface area (Å²) in [6.07, 6.45) is 2.45. The van der Waals surface area contributed by atoms with Crippen LogP contribution in [0.5, 0.6) is 0 Å². The lowest BCUT2D eigenvalue weighted by Crippen LogP contribution is -2.34. The number of hydrogen-bond donors (Lipinski definition) is 2. The smallest absolute Gasteiger partial charge is 0.321 e. The predicted molar refractivity (Wildman–Crippen MR) is 97.6 cm³/mol. The van der Waals surface area contributed by atoms with Crippen LogP contribution in [0, 0.1) is 12.8 Å². The molecule has 0 aliphatic carbocycles. The maximum absolute atomic E-state index is 12.0. The van der Waals surface area contributed by atoms with E-state index < -0.39 is 0 Å². The molecular formula is C17H23N5OS. The van der Waals surface area contributed by atoms with Crippen LogP contribution in [-0.4, -0.2) is 29.3 Å². The van der Waals surface area contributed by atoms with Crippen molar-refractivity contribution >= 4 is 27.6 Å². The number of carbonyl (C=O) groups is 1. The number of amides is 2. The number of hydrogen-bond acceptors (Lipinski definition) is 5. The first-order valence-corrected chi connectivity index (χ1v) is 9.10. The summed E-state index contributed by atoms with van der Waals surface area (Å²) in [4.78, 5) is 14.2. The standard InChI is InChI=1S/C17H23N5OS/c1-12-5-7-14(8-6-12)10-18-15(23)19-16-20-21-17(24-16)22-9-3-4-13(2)11-22/h5-8,13H,3-4,9-11H2,1-2H3,(H2,18,19,20,23)/t13-/m0/s1. The number of aromatic nitrogens is 2. The van der Waals surface area contributed by atoms with E-state index in [0.29, 0.717) is 17.6 Å². The molecule has 1 atom stereocenters. The highest BCUT2D eigenvalue weighted by Crippen LogP contribution is 2.28. The SMILES string of the molecule is Cc1ccc(CNC(=O)Nc2nnc(N3CCC[C@H](C)C3)s2)cc1. The van der Waals surface area contributed by atoms with Gasteiger partial charge < -0.3 is 10.2 Å². The van der Waals surface area contributed by atoms with E-state index in [-0.39, 0.29) is 6.03 Å². The first kappa shape index (κ1) is 16.7. The zero-order chi connectivity index (χ0) is 16.9. The number of rotatable bonds is 4. The van der Waals surface area contributed by atoms with E-state index >= 15 is 0 Å². The predicted octanol–water partition coefficient (Wildman–Crippen LogP) is 3.40. The lowest BCUT2D eigenvalue weighted by molar-refractivity contribution is 0.251. The number of benzene rings is 1. The first-order chi connectivity index (χ1) is 11.6. The Balaban J connectivity index is 1.50. The summed E-state index contributed by atoms with van der Waals surface area (Å²) >= 11 is 1.43. The highest BCUT2D eigenvalue weighted by molar-refractivity contribution is 7.19. The molecule has 128 valence electrons. The van der Waals surface area contributed by atoms with Crippen LogP contribution in [0.1, 0.15) is 30.9 Å². The summed E-state index contributed by atoms with van der Waals surface area (Å²) in [5.41, 5.74) is 2.27. The summed E-state index contributed by atoms with van der Waals surface area (Å²) in [6.45, 7) is 6.80. The number of carbonyl (C=O) groups excluding carboxylic acids is 1. The summed E-state index contributed by atoms with van der Waals surface area (Å²) < 4.78 is 0. The van der Waals surface area contributed by atoms with Gasteiger partial charge in [-0.1, -0.05) is 48.1 Å². The molecule has 2 amide bonds. The van der Waals surface area contributed by atoms with E-state index in [1.165, 1.54) is 29.7 Å². The molecule has 2 heterocycles. The number of urea groups is 1. The lowest BCUT2D eigenvalue weighted by atomic mass is 10.0. The van der Waals surface area contributed by atoms with E-state index in [1.54, 1.807) is 0 Å². The van der Waals surface area contributed by atoms with Crippen LogP contribution in [-0.2, 0) is 6.54 Å². The average Bonchev–Trinajstić information content (AvgIpc) is 3.03. The van der Waals surface area contributed by atoms with Crippen molar-refractivity contribution < 1.29 is 4.79 Å². The average molecular weight is 345 g/mol. The largest absolute Gasteiger partial charge is 0.346 e. The number of anilines is 2. The fraction of sp³-hybridized carbons (Fsp3) is 0.471. The van der Waals surface area contributed by atoms with Crippen LogP contribution >= 0.6 is 11.3 Å². The Labute approximate surface area is 146 Å². The van der Waals surface area contributed by atoms with Gasteiger partial charge in [-0.05, 0) is 31.2 Å². The van der Waals surface area contributed by atoms with Crippen molar-refractivity contribution in [2.45, 2.75) is 33.2 Å². The lowest BCUT2D eigenvalue weighted by Gasteiger charge is -2.29. The van der Waals surface area contributed by atoms with Gasteiger partial charge in [0, 0.05) is 19.6 Å². The quantitative estimate of drug-likeness (QED) is 0.891. The summed E-state index contributed by atoms with van der Waals surface area (Å²) in [6, 6.07) is 7.83. The molecule has 1 saturated heterocycles. The molecule has 1 aliphatic rings. The molecule has 1 fully saturated rings. The minimum absolute atomic E-state index is 0.259. The van der Waals surface area contributed by atoms with Crippen molar-refractivity contribution in [2.75, 3.05) is 23.3 Å². The molecule has 0 unspecified atom stereocenters. The number of piperidine rings is 1. The van der Waals surface area contributed by atoms with Crippen molar-refractivity contribution in [3.8, 4) is 0 Å². The number of nitrogens with one attached hydrogen (secondary N) is 2. The van der Waals surface area contributed by atoms with Crippen molar-refractivity contribution in [1.29, 1.82) is 0 Å². The Morgan fingerprint density at radius 2 is 2.12 bits per heavy atom. The molecule has 24 heavy (non-hydrogen) atoms. The van der Waals surface area contributed by atoms with Gasteiger partial charge >= 0.3 is 6.03 Å². The first-order valence-electron chi connectivity index (χ1n) is 8.29. The fourth-order valence-electron chi connectivity index (χ4n) is 2.79. The Bertz CT molecular complexity index is 685. The van der Waals surface area contributed by atoms with E-state index in [0.717, 1.165) is 23.8 Å². The molecule has 0 saturated carbocycles. The van der Waals surface area contributed by atoms with Gasteiger partial charge in [0.25, 0.3) is 0 Å². The van der Waals surface area contributed by atoms with Crippen molar-refractivity contribution in [2.24, 2.45) is 5.92 Å². The molecule has 1 aliphatic heterocycles. The van der Waals surface area contributed by atoms with E-state index in [9.17, 15) is 4.79 Å². The second-order valence-electron chi connectivity index (χ2n) is 6.38.